The third kappa shape index (κ3) is 3.44. The molecule has 0 amide bonds. The van der Waals surface area contributed by atoms with Crippen molar-refractivity contribution < 1.29 is 0 Å². The average Bonchev–Trinajstić information content (AvgIpc) is 2.84. The Morgan fingerprint density at radius 1 is 1.41 bits per heavy atom. The quantitative estimate of drug-likeness (QED) is 0.839. The topological polar surface area (TPSA) is 53.1 Å². The second-order valence-corrected chi connectivity index (χ2v) is 4.52. The average molecular weight is 256 g/mol. The first-order valence-corrected chi connectivity index (χ1v) is 6.34. The summed E-state index contributed by atoms with van der Waals surface area (Å²) in [6, 6.07) is 0. The molecule has 0 aromatic carbocycles. The van der Waals surface area contributed by atoms with E-state index in [4.69, 9.17) is 11.6 Å². The van der Waals surface area contributed by atoms with Crippen LogP contribution in [0.15, 0.2) is 6.20 Å². The number of rotatable bonds is 5. The first-order valence-electron chi connectivity index (χ1n) is 5.96. The van der Waals surface area contributed by atoms with E-state index in [0.29, 0.717) is 16.8 Å². The molecule has 6 heteroatoms. The third-order valence-corrected chi connectivity index (χ3v) is 3.16. The zero-order valence-electron chi connectivity index (χ0n) is 10.0. The standard InChI is InChI=1S/C11H18ClN5/c1-13-11-15-8-9(12)10(16-11)14-4-7-17-5-2-3-6-17/h8H,2-7H2,1H3,(H2,13,14,15,16). The first-order chi connectivity index (χ1) is 8.29. The van der Waals surface area contributed by atoms with Gasteiger partial charge in [-0.1, -0.05) is 11.6 Å². The van der Waals surface area contributed by atoms with E-state index in [2.05, 4.69) is 25.5 Å². The second kappa shape index (κ2) is 6.02. The number of halogens is 1. The molecule has 1 aromatic heterocycles. The van der Waals surface area contributed by atoms with E-state index in [1.165, 1.54) is 25.9 Å². The van der Waals surface area contributed by atoms with Gasteiger partial charge in [-0.2, -0.15) is 4.98 Å². The van der Waals surface area contributed by atoms with Gasteiger partial charge < -0.3 is 15.5 Å². The van der Waals surface area contributed by atoms with Crippen LogP contribution in [0, 0.1) is 0 Å². The molecule has 0 saturated carbocycles. The first kappa shape index (κ1) is 12.4. The molecule has 1 aliphatic heterocycles. The molecule has 2 heterocycles. The fraction of sp³-hybridized carbons (Fsp3) is 0.636. The van der Waals surface area contributed by atoms with Gasteiger partial charge in [-0.3, -0.25) is 0 Å². The minimum absolute atomic E-state index is 0.561. The Balaban J connectivity index is 1.84. The molecule has 1 aromatic rings. The number of nitrogens with zero attached hydrogens (tertiary/aromatic N) is 3. The van der Waals surface area contributed by atoms with Gasteiger partial charge >= 0.3 is 0 Å². The van der Waals surface area contributed by atoms with Crippen LogP contribution in [0.25, 0.3) is 0 Å². The Labute approximate surface area is 107 Å². The highest BCUT2D eigenvalue weighted by Crippen LogP contribution is 2.18. The number of hydrogen-bond acceptors (Lipinski definition) is 5. The lowest BCUT2D eigenvalue weighted by Crippen LogP contribution is -2.26. The number of anilines is 2. The van der Waals surface area contributed by atoms with Crippen LogP contribution in [0.2, 0.25) is 5.02 Å². The van der Waals surface area contributed by atoms with Crippen LogP contribution in [0.4, 0.5) is 11.8 Å². The van der Waals surface area contributed by atoms with Crippen molar-refractivity contribution in [2.24, 2.45) is 0 Å². The van der Waals surface area contributed by atoms with Gasteiger partial charge in [0.15, 0.2) is 5.82 Å². The SMILES string of the molecule is CNc1ncc(Cl)c(NCCN2CCCC2)n1. The Kier molecular flexibility index (Phi) is 4.39. The lowest BCUT2D eigenvalue weighted by atomic mass is 10.4. The number of likely N-dealkylation sites (tertiary alicyclic amines) is 1. The predicted octanol–water partition coefficient (Wildman–Crippen LogP) is 1.68. The van der Waals surface area contributed by atoms with E-state index in [-0.39, 0.29) is 0 Å². The van der Waals surface area contributed by atoms with Crippen LogP contribution in [0.1, 0.15) is 12.8 Å². The summed E-state index contributed by atoms with van der Waals surface area (Å²) in [4.78, 5) is 10.8. The largest absolute Gasteiger partial charge is 0.367 e. The fourth-order valence-electron chi connectivity index (χ4n) is 1.95. The molecule has 0 spiro atoms. The maximum atomic E-state index is 6.02. The van der Waals surface area contributed by atoms with Gasteiger partial charge in [-0.15, -0.1) is 0 Å². The van der Waals surface area contributed by atoms with E-state index in [0.717, 1.165) is 13.1 Å². The van der Waals surface area contributed by atoms with Gasteiger partial charge in [0, 0.05) is 20.1 Å². The molecule has 2 rings (SSSR count). The van der Waals surface area contributed by atoms with Crippen molar-refractivity contribution in [1.29, 1.82) is 0 Å². The van der Waals surface area contributed by atoms with Gasteiger partial charge in [0.05, 0.1) is 6.20 Å². The Hall–Kier alpha value is -1.07. The van der Waals surface area contributed by atoms with Gasteiger partial charge in [0.2, 0.25) is 5.95 Å². The molecular weight excluding hydrogens is 238 g/mol. The zero-order chi connectivity index (χ0) is 12.1. The van der Waals surface area contributed by atoms with Crippen molar-refractivity contribution in [3.63, 3.8) is 0 Å². The van der Waals surface area contributed by atoms with Crippen LogP contribution in [-0.4, -0.2) is 48.1 Å². The van der Waals surface area contributed by atoms with E-state index >= 15 is 0 Å². The normalized spacial score (nSPS) is 16.1. The van der Waals surface area contributed by atoms with Crippen molar-refractivity contribution in [2.45, 2.75) is 12.8 Å². The maximum absolute atomic E-state index is 6.02. The number of aromatic nitrogens is 2. The lowest BCUT2D eigenvalue weighted by Gasteiger charge is -2.15. The molecule has 0 bridgehead atoms. The third-order valence-electron chi connectivity index (χ3n) is 2.89. The summed E-state index contributed by atoms with van der Waals surface area (Å²) < 4.78 is 0. The monoisotopic (exact) mass is 255 g/mol. The highest BCUT2D eigenvalue weighted by Gasteiger charge is 2.11. The van der Waals surface area contributed by atoms with Crippen LogP contribution in [-0.2, 0) is 0 Å². The highest BCUT2D eigenvalue weighted by atomic mass is 35.5. The van der Waals surface area contributed by atoms with Crippen LogP contribution < -0.4 is 10.6 Å². The second-order valence-electron chi connectivity index (χ2n) is 4.12. The van der Waals surface area contributed by atoms with Crippen LogP contribution in [0.3, 0.4) is 0 Å². The van der Waals surface area contributed by atoms with E-state index in [1.54, 1.807) is 13.2 Å². The minimum atomic E-state index is 0.561. The van der Waals surface area contributed by atoms with Crippen molar-refractivity contribution in [1.82, 2.24) is 14.9 Å². The van der Waals surface area contributed by atoms with Crippen molar-refractivity contribution >= 4 is 23.4 Å². The fourth-order valence-corrected chi connectivity index (χ4v) is 2.11. The molecule has 2 N–H and O–H groups in total. The molecule has 94 valence electrons. The molecule has 0 aliphatic carbocycles. The molecule has 1 fully saturated rings. The van der Waals surface area contributed by atoms with Crippen molar-refractivity contribution in [2.75, 3.05) is 43.9 Å². The van der Waals surface area contributed by atoms with E-state index < -0.39 is 0 Å². The van der Waals surface area contributed by atoms with Gasteiger partial charge in [-0.25, -0.2) is 4.98 Å². The Morgan fingerprint density at radius 2 is 2.18 bits per heavy atom. The van der Waals surface area contributed by atoms with Crippen LogP contribution >= 0.6 is 11.6 Å². The van der Waals surface area contributed by atoms with E-state index in [9.17, 15) is 0 Å². The summed E-state index contributed by atoms with van der Waals surface area (Å²) >= 11 is 6.02. The van der Waals surface area contributed by atoms with Crippen molar-refractivity contribution in [3.05, 3.63) is 11.2 Å². The summed E-state index contributed by atoms with van der Waals surface area (Å²) in [5, 5.41) is 6.71. The maximum Gasteiger partial charge on any atom is 0.224 e. The minimum Gasteiger partial charge on any atom is -0.367 e. The molecule has 0 radical (unpaired) electrons. The molecule has 5 nitrogen and oxygen atoms in total. The predicted molar refractivity (Wildman–Crippen MR) is 70.8 cm³/mol. The summed E-state index contributed by atoms with van der Waals surface area (Å²) in [6.07, 6.45) is 4.24. The van der Waals surface area contributed by atoms with Crippen molar-refractivity contribution in [3.8, 4) is 0 Å². The molecule has 0 unspecified atom stereocenters. The summed E-state index contributed by atoms with van der Waals surface area (Å²) in [7, 11) is 1.79. The lowest BCUT2D eigenvalue weighted by molar-refractivity contribution is 0.352. The summed E-state index contributed by atoms with van der Waals surface area (Å²) in [5.74, 6) is 1.28. The van der Waals surface area contributed by atoms with E-state index in [1.807, 2.05) is 0 Å². The smallest absolute Gasteiger partial charge is 0.224 e. The Morgan fingerprint density at radius 3 is 2.88 bits per heavy atom. The van der Waals surface area contributed by atoms with Crippen LogP contribution in [0.5, 0.6) is 0 Å². The van der Waals surface area contributed by atoms with Gasteiger partial charge in [-0.05, 0) is 25.9 Å². The molecule has 1 aliphatic rings. The summed E-state index contributed by atoms with van der Waals surface area (Å²) in [5.41, 5.74) is 0. The number of nitrogens with one attached hydrogen (secondary N) is 2. The molecule has 0 atom stereocenters. The highest BCUT2D eigenvalue weighted by molar-refractivity contribution is 6.32. The molecule has 17 heavy (non-hydrogen) atoms. The number of hydrogen-bond donors (Lipinski definition) is 2. The van der Waals surface area contributed by atoms with Gasteiger partial charge in [0.25, 0.3) is 0 Å². The Bertz CT molecular complexity index is 365. The zero-order valence-corrected chi connectivity index (χ0v) is 10.8. The van der Waals surface area contributed by atoms with Gasteiger partial charge in [0.1, 0.15) is 5.02 Å². The summed E-state index contributed by atoms with van der Waals surface area (Å²) in [6.45, 7) is 4.32. The molecular formula is C11H18ClN5. The molecule has 1 saturated heterocycles.